The van der Waals surface area contributed by atoms with Crippen LogP contribution in [0.2, 0.25) is 0 Å². The Balaban J connectivity index is 1.76. The summed E-state index contributed by atoms with van der Waals surface area (Å²) in [6.07, 6.45) is 0.614. The van der Waals surface area contributed by atoms with Gasteiger partial charge in [0.15, 0.2) is 5.82 Å². The first kappa shape index (κ1) is 13.2. The number of benzene rings is 2. The lowest BCUT2D eigenvalue weighted by Gasteiger charge is -2.00. The van der Waals surface area contributed by atoms with Crippen LogP contribution in [0.3, 0.4) is 0 Å². The largest absolute Gasteiger partial charge is 0.497 e. The standard InChI is InChI=1S/C16H15N3O2/c1-20-14-8-2-11(3-9-14)10-15-18-16(21-19-15)12-4-6-13(17)7-5-12/h2-9H,10,17H2,1H3. The van der Waals surface area contributed by atoms with Gasteiger partial charge in [0.05, 0.1) is 7.11 Å². The monoisotopic (exact) mass is 281 g/mol. The highest BCUT2D eigenvalue weighted by atomic mass is 16.5. The second-order valence-corrected chi connectivity index (χ2v) is 4.66. The van der Waals surface area contributed by atoms with Gasteiger partial charge < -0.3 is 15.0 Å². The summed E-state index contributed by atoms with van der Waals surface area (Å²) in [6, 6.07) is 15.1. The van der Waals surface area contributed by atoms with Gasteiger partial charge in [-0.15, -0.1) is 0 Å². The lowest BCUT2D eigenvalue weighted by Crippen LogP contribution is -1.91. The van der Waals surface area contributed by atoms with Gasteiger partial charge in [0.2, 0.25) is 0 Å². The molecule has 1 aromatic heterocycles. The summed E-state index contributed by atoms with van der Waals surface area (Å²) in [4.78, 5) is 4.40. The molecule has 106 valence electrons. The summed E-state index contributed by atoms with van der Waals surface area (Å²) in [5, 5.41) is 4.00. The van der Waals surface area contributed by atoms with Crippen LogP contribution in [0.15, 0.2) is 53.1 Å². The van der Waals surface area contributed by atoms with Crippen LogP contribution in [-0.4, -0.2) is 17.3 Å². The molecule has 2 aromatic carbocycles. The van der Waals surface area contributed by atoms with Crippen molar-refractivity contribution in [1.29, 1.82) is 0 Å². The molecular formula is C16H15N3O2. The van der Waals surface area contributed by atoms with E-state index in [0.717, 1.165) is 16.9 Å². The summed E-state index contributed by atoms with van der Waals surface area (Å²) < 4.78 is 10.4. The molecule has 0 radical (unpaired) electrons. The highest BCUT2D eigenvalue weighted by Crippen LogP contribution is 2.20. The van der Waals surface area contributed by atoms with Crippen molar-refractivity contribution in [3.8, 4) is 17.2 Å². The van der Waals surface area contributed by atoms with Gasteiger partial charge >= 0.3 is 0 Å². The molecule has 0 fully saturated rings. The Bertz CT molecular complexity index is 718. The molecule has 0 aliphatic carbocycles. The summed E-state index contributed by atoms with van der Waals surface area (Å²) in [5.74, 6) is 1.97. The lowest BCUT2D eigenvalue weighted by atomic mass is 10.1. The van der Waals surface area contributed by atoms with Crippen LogP contribution in [0.25, 0.3) is 11.5 Å². The Morgan fingerprint density at radius 1 is 1.05 bits per heavy atom. The van der Waals surface area contributed by atoms with Crippen molar-refractivity contribution in [3.63, 3.8) is 0 Å². The first-order chi connectivity index (χ1) is 10.2. The van der Waals surface area contributed by atoms with E-state index in [1.165, 1.54) is 0 Å². The molecule has 0 amide bonds. The maximum atomic E-state index is 5.66. The molecule has 0 unspecified atom stereocenters. The predicted molar refractivity (Wildman–Crippen MR) is 79.9 cm³/mol. The van der Waals surface area contributed by atoms with Gasteiger partial charge in [0.1, 0.15) is 5.75 Å². The summed E-state index contributed by atoms with van der Waals surface area (Å²) in [6.45, 7) is 0. The third-order valence-corrected chi connectivity index (χ3v) is 3.15. The van der Waals surface area contributed by atoms with Gasteiger partial charge in [0, 0.05) is 17.7 Å². The number of ether oxygens (including phenoxy) is 1. The molecule has 1 heterocycles. The van der Waals surface area contributed by atoms with Gasteiger partial charge in [-0.2, -0.15) is 4.98 Å². The average Bonchev–Trinajstić information content (AvgIpc) is 2.97. The van der Waals surface area contributed by atoms with E-state index in [4.69, 9.17) is 15.0 Å². The zero-order valence-electron chi connectivity index (χ0n) is 11.6. The molecule has 21 heavy (non-hydrogen) atoms. The number of nitrogens with two attached hydrogens (primary N) is 1. The fraction of sp³-hybridized carbons (Fsp3) is 0.125. The maximum absolute atomic E-state index is 5.66. The fourth-order valence-corrected chi connectivity index (χ4v) is 1.99. The minimum absolute atomic E-state index is 0.499. The zero-order chi connectivity index (χ0) is 14.7. The second kappa shape index (κ2) is 5.66. The molecule has 3 rings (SSSR count). The Morgan fingerprint density at radius 3 is 2.43 bits per heavy atom. The van der Waals surface area contributed by atoms with Crippen molar-refractivity contribution in [1.82, 2.24) is 10.1 Å². The van der Waals surface area contributed by atoms with Gasteiger partial charge in [0.25, 0.3) is 5.89 Å². The van der Waals surface area contributed by atoms with Gasteiger partial charge in [-0.1, -0.05) is 17.3 Å². The van der Waals surface area contributed by atoms with E-state index >= 15 is 0 Å². The number of anilines is 1. The molecule has 0 spiro atoms. The lowest BCUT2D eigenvalue weighted by molar-refractivity contribution is 0.414. The Morgan fingerprint density at radius 2 is 1.76 bits per heavy atom. The van der Waals surface area contributed by atoms with Crippen LogP contribution in [-0.2, 0) is 6.42 Å². The van der Waals surface area contributed by atoms with Crippen LogP contribution in [0.1, 0.15) is 11.4 Å². The van der Waals surface area contributed by atoms with E-state index in [0.29, 0.717) is 23.8 Å². The third-order valence-electron chi connectivity index (χ3n) is 3.15. The van der Waals surface area contributed by atoms with E-state index in [1.54, 1.807) is 7.11 Å². The van der Waals surface area contributed by atoms with E-state index < -0.39 is 0 Å². The number of hydrogen-bond donors (Lipinski definition) is 1. The molecule has 0 saturated carbocycles. The molecule has 0 aliphatic heterocycles. The molecule has 0 atom stereocenters. The molecule has 0 bridgehead atoms. The number of nitrogen functional groups attached to an aromatic ring is 1. The Labute approximate surface area is 122 Å². The molecule has 5 heteroatoms. The molecule has 0 saturated heterocycles. The molecule has 5 nitrogen and oxygen atoms in total. The molecular weight excluding hydrogens is 266 g/mol. The number of rotatable bonds is 4. The smallest absolute Gasteiger partial charge is 0.257 e. The van der Waals surface area contributed by atoms with E-state index in [1.807, 2.05) is 48.5 Å². The van der Waals surface area contributed by atoms with Gasteiger partial charge in [-0.25, -0.2) is 0 Å². The first-order valence-corrected chi connectivity index (χ1v) is 6.56. The van der Waals surface area contributed by atoms with Crippen LogP contribution in [0.4, 0.5) is 5.69 Å². The van der Waals surface area contributed by atoms with Crippen molar-refractivity contribution < 1.29 is 9.26 Å². The van der Waals surface area contributed by atoms with Crippen molar-refractivity contribution in [2.45, 2.75) is 6.42 Å². The number of hydrogen-bond acceptors (Lipinski definition) is 5. The SMILES string of the molecule is COc1ccc(Cc2noc(-c3ccc(N)cc3)n2)cc1. The highest BCUT2D eigenvalue weighted by molar-refractivity contribution is 5.56. The quantitative estimate of drug-likeness (QED) is 0.744. The fourth-order valence-electron chi connectivity index (χ4n) is 1.99. The topological polar surface area (TPSA) is 74.2 Å². The van der Waals surface area contributed by atoms with Crippen LogP contribution < -0.4 is 10.5 Å². The Hall–Kier alpha value is -2.82. The highest BCUT2D eigenvalue weighted by Gasteiger charge is 2.09. The van der Waals surface area contributed by atoms with Crippen LogP contribution in [0.5, 0.6) is 5.75 Å². The van der Waals surface area contributed by atoms with Crippen molar-refractivity contribution >= 4 is 5.69 Å². The third kappa shape index (κ3) is 3.02. The van der Waals surface area contributed by atoms with Crippen molar-refractivity contribution in [3.05, 3.63) is 59.9 Å². The zero-order valence-corrected chi connectivity index (χ0v) is 11.6. The second-order valence-electron chi connectivity index (χ2n) is 4.66. The van der Waals surface area contributed by atoms with E-state index in [9.17, 15) is 0 Å². The van der Waals surface area contributed by atoms with Crippen molar-refractivity contribution in [2.24, 2.45) is 0 Å². The minimum atomic E-state index is 0.499. The van der Waals surface area contributed by atoms with Crippen molar-refractivity contribution in [2.75, 3.05) is 12.8 Å². The Kier molecular flexibility index (Phi) is 3.55. The number of nitrogens with zero attached hydrogens (tertiary/aromatic N) is 2. The predicted octanol–water partition coefficient (Wildman–Crippen LogP) is 2.92. The molecule has 0 aliphatic rings. The van der Waals surface area contributed by atoms with E-state index in [-0.39, 0.29) is 0 Å². The summed E-state index contributed by atoms with van der Waals surface area (Å²) in [7, 11) is 1.65. The normalized spacial score (nSPS) is 10.5. The summed E-state index contributed by atoms with van der Waals surface area (Å²) in [5.41, 5.74) is 8.32. The number of aromatic nitrogens is 2. The maximum Gasteiger partial charge on any atom is 0.257 e. The van der Waals surface area contributed by atoms with E-state index in [2.05, 4.69) is 10.1 Å². The number of methoxy groups -OCH3 is 1. The van der Waals surface area contributed by atoms with Crippen LogP contribution in [0, 0.1) is 0 Å². The summed E-state index contributed by atoms with van der Waals surface area (Å²) >= 11 is 0. The molecule has 2 N–H and O–H groups in total. The average molecular weight is 281 g/mol. The molecule has 3 aromatic rings. The minimum Gasteiger partial charge on any atom is -0.497 e. The first-order valence-electron chi connectivity index (χ1n) is 6.56. The van der Waals surface area contributed by atoms with Gasteiger partial charge in [-0.3, -0.25) is 0 Å². The van der Waals surface area contributed by atoms with Gasteiger partial charge in [-0.05, 0) is 42.0 Å². The van der Waals surface area contributed by atoms with Crippen LogP contribution >= 0.6 is 0 Å².